The van der Waals surface area contributed by atoms with Crippen molar-refractivity contribution in [2.45, 2.75) is 32.2 Å². The van der Waals surface area contributed by atoms with Crippen LogP contribution in [0.3, 0.4) is 0 Å². The van der Waals surface area contributed by atoms with Gasteiger partial charge in [0.2, 0.25) is 5.91 Å². The number of likely N-dealkylation sites (tertiary alicyclic amines) is 1. The molecular weight excluding hydrogens is 439 g/mol. The number of nitrogens with zero attached hydrogens (tertiary/aromatic N) is 2. The molecule has 1 fully saturated rings. The Balaban J connectivity index is 1.20. The Kier molecular flexibility index (Phi) is 6.91. The number of nitrogens with one attached hydrogen (secondary N) is 2. The average Bonchev–Trinajstić information content (AvgIpc) is 3.30. The minimum Gasteiger partial charge on any atom is -0.361 e. The summed E-state index contributed by atoms with van der Waals surface area (Å²) < 4.78 is 13.5. The van der Waals surface area contributed by atoms with Crippen molar-refractivity contribution < 1.29 is 9.18 Å². The number of carbonyl (C=O) groups excluding carboxylic acids is 1. The van der Waals surface area contributed by atoms with Crippen LogP contribution in [-0.4, -0.2) is 40.4 Å². The number of hydrogen-bond donors (Lipinski definition) is 2. The second-order valence-corrected chi connectivity index (χ2v) is 9.42. The van der Waals surface area contributed by atoms with Crippen LogP contribution in [0.25, 0.3) is 10.9 Å². The van der Waals surface area contributed by atoms with Crippen LogP contribution in [0.1, 0.15) is 41.3 Å². The van der Waals surface area contributed by atoms with Crippen LogP contribution in [0.5, 0.6) is 0 Å². The topological polar surface area (TPSA) is 61.0 Å². The van der Waals surface area contributed by atoms with Crippen LogP contribution in [0.4, 0.5) is 4.39 Å². The lowest BCUT2D eigenvalue weighted by atomic mass is 9.93. The molecule has 3 heterocycles. The lowest BCUT2D eigenvalue weighted by Gasteiger charge is -2.32. The molecule has 35 heavy (non-hydrogen) atoms. The highest BCUT2D eigenvalue weighted by Crippen LogP contribution is 2.26. The molecule has 1 aliphatic rings. The van der Waals surface area contributed by atoms with Gasteiger partial charge < -0.3 is 15.2 Å². The fourth-order valence-corrected chi connectivity index (χ4v) is 5.06. The third-order valence-corrected chi connectivity index (χ3v) is 7.14. The minimum atomic E-state index is -0.399. The Morgan fingerprint density at radius 2 is 1.89 bits per heavy atom. The Hall–Kier alpha value is -3.51. The summed E-state index contributed by atoms with van der Waals surface area (Å²) in [5.74, 6) is -0.288. The molecule has 0 saturated carbocycles. The van der Waals surface area contributed by atoms with E-state index in [4.69, 9.17) is 0 Å². The van der Waals surface area contributed by atoms with E-state index in [1.165, 1.54) is 28.6 Å². The van der Waals surface area contributed by atoms with Gasteiger partial charge in [0.25, 0.3) is 0 Å². The van der Waals surface area contributed by atoms with Crippen LogP contribution >= 0.6 is 0 Å². The normalized spacial score (nSPS) is 15.8. The van der Waals surface area contributed by atoms with E-state index in [1.54, 1.807) is 18.3 Å². The number of carbonyl (C=O) groups is 1. The van der Waals surface area contributed by atoms with Crippen LogP contribution < -0.4 is 5.32 Å². The summed E-state index contributed by atoms with van der Waals surface area (Å²) in [4.78, 5) is 23.6. The summed E-state index contributed by atoms with van der Waals surface area (Å²) in [5.41, 5.74) is 5.14. The fourth-order valence-electron chi connectivity index (χ4n) is 5.06. The number of fused-ring (bicyclic) bond motifs is 1. The van der Waals surface area contributed by atoms with E-state index in [1.807, 2.05) is 25.1 Å². The Morgan fingerprint density at radius 1 is 1.11 bits per heavy atom. The molecule has 0 spiro atoms. The van der Waals surface area contributed by atoms with Gasteiger partial charge in [-0.2, -0.15) is 0 Å². The van der Waals surface area contributed by atoms with Gasteiger partial charge in [-0.05, 0) is 80.2 Å². The fraction of sp³-hybridized carbons (Fsp3) is 0.310. The number of aromatic nitrogens is 2. The van der Waals surface area contributed by atoms with E-state index >= 15 is 0 Å². The van der Waals surface area contributed by atoms with Gasteiger partial charge in [-0.25, -0.2) is 4.39 Å². The maximum Gasteiger partial charge on any atom is 0.224 e. The number of piperidine rings is 1. The molecule has 5 nitrogen and oxygen atoms in total. The van der Waals surface area contributed by atoms with E-state index in [9.17, 15) is 9.18 Å². The quantitative estimate of drug-likeness (QED) is 0.392. The number of H-pyrrole nitrogens is 1. The number of aromatic amines is 1. The number of rotatable bonds is 7. The minimum absolute atomic E-state index is 0.0358. The van der Waals surface area contributed by atoms with Crippen LogP contribution in [-0.2, 0) is 11.2 Å². The second-order valence-electron chi connectivity index (χ2n) is 9.42. The lowest BCUT2D eigenvalue weighted by molar-refractivity contribution is -0.127. The predicted molar refractivity (Wildman–Crippen MR) is 137 cm³/mol. The molecule has 5 rings (SSSR count). The Labute approximate surface area is 205 Å². The van der Waals surface area contributed by atoms with Crippen molar-refractivity contribution in [3.05, 3.63) is 101 Å². The predicted octanol–water partition coefficient (Wildman–Crippen LogP) is 5.17. The largest absolute Gasteiger partial charge is 0.361 e. The summed E-state index contributed by atoms with van der Waals surface area (Å²) in [6.45, 7) is 4.78. The third-order valence-electron chi connectivity index (χ3n) is 7.14. The van der Waals surface area contributed by atoms with Crippen molar-refractivity contribution in [1.82, 2.24) is 20.2 Å². The molecule has 0 radical (unpaired) electrons. The van der Waals surface area contributed by atoms with Gasteiger partial charge in [-0.15, -0.1) is 0 Å². The highest BCUT2D eigenvalue weighted by molar-refractivity contribution is 5.83. The van der Waals surface area contributed by atoms with E-state index in [-0.39, 0.29) is 17.6 Å². The molecule has 1 unspecified atom stereocenters. The zero-order valence-electron chi connectivity index (χ0n) is 20.0. The molecule has 6 heteroatoms. The number of hydrogen-bond acceptors (Lipinski definition) is 3. The molecule has 180 valence electrons. The first kappa shape index (κ1) is 23.2. The van der Waals surface area contributed by atoms with Crippen LogP contribution in [0.15, 0.2) is 73.1 Å². The third kappa shape index (κ3) is 5.28. The molecule has 1 amide bonds. The molecular formula is C29H31FN4O. The first-order chi connectivity index (χ1) is 17.1. The standard InChI is InChI=1S/C29H31FN4O/c1-20-5-4-15-31-27(20)28(21-8-10-24(30)11-9-21)33-29(35)22-12-16-34(17-13-22)18-14-23-19-32-26-7-3-2-6-25(23)26/h2-11,15,19,22,28,32H,12-14,16-18H2,1H3,(H,33,35). The van der Waals surface area contributed by atoms with E-state index in [2.05, 4.69) is 44.6 Å². The molecule has 2 aromatic carbocycles. The van der Waals surface area contributed by atoms with E-state index < -0.39 is 6.04 Å². The number of halogens is 1. The highest BCUT2D eigenvalue weighted by Gasteiger charge is 2.28. The average molecular weight is 471 g/mol. The molecule has 1 saturated heterocycles. The smallest absolute Gasteiger partial charge is 0.224 e. The van der Waals surface area contributed by atoms with Gasteiger partial charge in [-0.3, -0.25) is 9.78 Å². The number of para-hydroxylation sites is 1. The zero-order valence-corrected chi connectivity index (χ0v) is 20.0. The second kappa shape index (κ2) is 10.4. The number of aryl methyl sites for hydroxylation is 1. The van der Waals surface area contributed by atoms with Gasteiger partial charge in [0, 0.05) is 35.8 Å². The monoisotopic (exact) mass is 470 g/mol. The van der Waals surface area contributed by atoms with Gasteiger partial charge in [0.1, 0.15) is 5.82 Å². The van der Waals surface area contributed by atoms with Crippen molar-refractivity contribution in [2.75, 3.05) is 19.6 Å². The van der Waals surface area contributed by atoms with Gasteiger partial charge in [-0.1, -0.05) is 36.4 Å². The lowest BCUT2D eigenvalue weighted by Crippen LogP contribution is -2.42. The van der Waals surface area contributed by atoms with E-state index in [0.717, 1.165) is 55.7 Å². The molecule has 0 aliphatic carbocycles. The van der Waals surface area contributed by atoms with Crippen molar-refractivity contribution in [1.29, 1.82) is 0 Å². The Bertz CT molecular complexity index is 1290. The van der Waals surface area contributed by atoms with Gasteiger partial charge >= 0.3 is 0 Å². The van der Waals surface area contributed by atoms with Crippen molar-refractivity contribution in [3.63, 3.8) is 0 Å². The molecule has 1 atom stereocenters. The van der Waals surface area contributed by atoms with Crippen molar-refractivity contribution in [2.24, 2.45) is 5.92 Å². The maximum atomic E-state index is 13.5. The molecule has 2 aromatic heterocycles. The number of pyridine rings is 1. The van der Waals surface area contributed by atoms with Crippen molar-refractivity contribution in [3.8, 4) is 0 Å². The van der Waals surface area contributed by atoms with Crippen LogP contribution in [0, 0.1) is 18.7 Å². The Morgan fingerprint density at radius 3 is 2.66 bits per heavy atom. The van der Waals surface area contributed by atoms with E-state index in [0.29, 0.717) is 0 Å². The summed E-state index contributed by atoms with van der Waals surface area (Å²) >= 11 is 0. The summed E-state index contributed by atoms with van der Waals surface area (Å²) in [6, 6.07) is 18.2. The number of amides is 1. The highest BCUT2D eigenvalue weighted by atomic mass is 19.1. The summed E-state index contributed by atoms with van der Waals surface area (Å²) in [5, 5.41) is 4.51. The summed E-state index contributed by atoms with van der Waals surface area (Å²) in [6.07, 6.45) is 6.50. The molecule has 2 N–H and O–H groups in total. The SMILES string of the molecule is Cc1cccnc1C(NC(=O)C1CCN(CCc2c[nH]c3ccccc23)CC1)c1ccc(F)cc1. The van der Waals surface area contributed by atoms with Crippen LogP contribution in [0.2, 0.25) is 0 Å². The molecule has 1 aliphatic heterocycles. The zero-order chi connectivity index (χ0) is 24.2. The summed E-state index contributed by atoms with van der Waals surface area (Å²) in [7, 11) is 0. The van der Waals surface area contributed by atoms with Gasteiger partial charge in [0.05, 0.1) is 11.7 Å². The molecule has 0 bridgehead atoms. The van der Waals surface area contributed by atoms with Crippen molar-refractivity contribution >= 4 is 16.8 Å². The first-order valence-corrected chi connectivity index (χ1v) is 12.3. The number of benzene rings is 2. The first-order valence-electron chi connectivity index (χ1n) is 12.3. The van der Waals surface area contributed by atoms with Gasteiger partial charge in [0.15, 0.2) is 0 Å². The maximum absolute atomic E-state index is 13.5. The molecule has 4 aromatic rings.